The summed E-state index contributed by atoms with van der Waals surface area (Å²) in [6.45, 7) is 3.01. The molecule has 0 aromatic heterocycles. The van der Waals surface area contributed by atoms with Crippen LogP contribution in [0.1, 0.15) is 44.1 Å². The van der Waals surface area contributed by atoms with Crippen LogP contribution in [0.2, 0.25) is 0 Å². The first kappa shape index (κ1) is 15.8. The number of rotatable bonds is 3. The quantitative estimate of drug-likeness (QED) is 0.893. The van der Waals surface area contributed by atoms with Crippen molar-refractivity contribution in [2.45, 2.75) is 44.1 Å². The van der Waals surface area contributed by atoms with Crippen molar-refractivity contribution in [1.29, 1.82) is 0 Å². The van der Waals surface area contributed by atoms with Gasteiger partial charge in [-0.05, 0) is 49.9 Å². The number of hydrogen-bond donors (Lipinski definition) is 2. The highest BCUT2D eigenvalue weighted by Gasteiger charge is 2.39. The molecule has 1 amide bonds. The summed E-state index contributed by atoms with van der Waals surface area (Å²) in [5.74, 6) is 1.90. The van der Waals surface area contributed by atoms with E-state index in [4.69, 9.17) is 9.47 Å². The monoisotopic (exact) mass is 330 g/mol. The highest BCUT2D eigenvalue weighted by atomic mass is 16.6. The van der Waals surface area contributed by atoms with Gasteiger partial charge in [-0.25, -0.2) is 0 Å². The number of amides is 1. The van der Waals surface area contributed by atoms with Gasteiger partial charge in [-0.2, -0.15) is 0 Å². The largest absolute Gasteiger partial charge is 0.486 e. The molecule has 1 aromatic rings. The van der Waals surface area contributed by atoms with Gasteiger partial charge in [0.25, 0.3) is 0 Å². The summed E-state index contributed by atoms with van der Waals surface area (Å²) in [5, 5.41) is 6.75. The maximum absolute atomic E-state index is 12.8. The van der Waals surface area contributed by atoms with E-state index in [0.717, 1.165) is 68.7 Å². The van der Waals surface area contributed by atoms with Gasteiger partial charge in [0.2, 0.25) is 5.91 Å². The number of nitrogens with one attached hydrogen (secondary N) is 2. The second-order valence-corrected chi connectivity index (χ2v) is 7.18. The second kappa shape index (κ2) is 6.63. The first-order chi connectivity index (χ1) is 11.8. The van der Waals surface area contributed by atoms with Crippen molar-refractivity contribution in [3.63, 3.8) is 0 Å². The molecule has 1 unspecified atom stereocenters. The van der Waals surface area contributed by atoms with E-state index in [1.807, 2.05) is 6.07 Å². The molecule has 1 aromatic carbocycles. The molecule has 1 saturated carbocycles. The lowest BCUT2D eigenvalue weighted by Crippen LogP contribution is -2.49. The minimum Gasteiger partial charge on any atom is -0.486 e. The van der Waals surface area contributed by atoms with Crippen molar-refractivity contribution in [2.24, 2.45) is 5.92 Å². The number of hydrogen-bond acceptors (Lipinski definition) is 4. The van der Waals surface area contributed by atoms with E-state index in [2.05, 4.69) is 22.8 Å². The predicted octanol–water partition coefficient (Wildman–Crippen LogP) is 2.34. The minimum absolute atomic E-state index is 0.0911. The minimum atomic E-state index is -0.246. The van der Waals surface area contributed by atoms with Crippen LogP contribution in [0.5, 0.6) is 11.5 Å². The lowest BCUT2D eigenvalue weighted by atomic mass is 9.86. The summed E-state index contributed by atoms with van der Waals surface area (Å²) in [7, 11) is 0. The second-order valence-electron chi connectivity index (χ2n) is 7.18. The van der Waals surface area contributed by atoms with Crippen LogP contribution in [0.25, 0.3) is 0 Å². The van der Waals surface area contributed by atoms with E-state index >= 15 is 0 Å². The van der Waals surface area contributed by atoms with Crippen LogP contribution in [0.15, 0.2) is 18.2 Å². The van der Waals surface area contributed by atoms with Crippen molar-refractivity contribution in [1.82, 2.24) is 10.6 Å². The van der Waals surface area contributed by atoms with Crippen LogP contribution in [-0.4, -0.2) is 32.2 Å². The topological polar surface area (TPSA) is 59.6 Å². The Morgan fingerprint density at radius 3 is 2.67 bits per heavy atom. The molecule has 5 nitrogen and oxygen atoms in total. The third kappa shape index (κ3) is 2.97. The molecule has 1 aliphatic carbocycles. The van der Waals surface area contributed by atoms with Crippen LogP contribution in [0, 0.1) is 5.92 Å². The Kier molecular flexibility index (Phi) is 4.35. The van der Waals surface area contributed by atoms with Gasteiger partial charge in [-0.15, -0.1) is 0 Å². The molecule has 4 rings (SSSR count). The Labute approximate surface area is 143 Å². The van der Waals surface area contributed by atoms with Crippen molar-refractivity contribution in [3.8, 4) is 11.5 Å². The molecule has 0 spiro atoms. The average Bonchev–Trinajstić information content (AvgIpc) is 3.11. The Morgan fingerprint density at radius 1 is 1.12 bits per heavy atom. The van der Waals surface area contributed by atoms with Crippen molar-refractivity contribution >= 4 is 5.91 Å². The van der Waals surface area contributed by atoms with Gasteiger partial charge in [0.15, 0.2) is 11.5 Å². The van der Waals surface area contributed by atoms with Gasteiger partial charge in [-0.3, -0.25) is 4.79 Å². The van der Waals surface area contributed by atoms with Gasteiger partial charge in [0.1, 0.15) is 13.2 Å². The van der Waals surface area contributed by atoms with E-state index in [0.29, 0.717) is 13.2 Å². The third-order valence-electron chi connectivity index (χ3n) is 5.58. The Hall–Kier alpha value is -1.75. The maximum Gasteiger partial charge on any atom is 0.225 e. The summed E-state index contributed by atoms with van der Waals surface area (Å²) >= 11 is 0. The summed E-state index contributed by atoms with van der Waals surface area (Å²) in [6, 6.07) is 6.15. The highest BCUT2D eigenvalue weighted by Crippen LogP contribution is 2.42. The first-order valence-corrected chi connectivity index (χ1v) is 9.20. The standard InChI is InChI=1S/C19H26N2O3/c22-18(14-4-3-9-20-13-14)21-19(7-1-2-8-19)15-5-6-16-17(12-15)24-11-10-23-16/h5-6,12,14,20H,1-4,7-11,13H2,(H,21,22). The molecule has 24 heavy (non-hydrogen) atoms. The highest BCUT2D eigenvalue weighted by molar-refractivity contribution is 5.80. The van der Waals surface area contributed by atoms with Crippen LogP contribution < -0.4 is 20.1 Å². The number of fused-ring (bicyclic) bond motifs is 1. The molecule has 2 N–H and O–H groups in total. The molecule has 0 radical (unpaired) electrons. The molecule has 5 heteroatoms. The Morgan fingerprint density at radius 2 is 1.92 bits per heavy atom. The van der Waals surface area contributed by atoms with Crippen molar-refractivity contribution in [2.75, 3.05) is 26.3 Å². The van der Waals surface area contributed by atoms with E-state index in [1.54, 1.807) is 0 Å². The molecular formula is C19H26N2O3. The van der Waals surface area contributed by atoms with E-state index < -0.39 is 0 Å². The molecule has 1 atom stereocenters. The molecular weight excluding hydrogens is 304 g/mol. The zero-order valence-corrected chi connectivity index (χ0v) is 14.1. The zero-order valence-electron chi connectivity index (χ0n) is 14.1. The lowest BCUT2D eigenvalue weighted by molar-refractivity contribution is -0.127. The lowest BCUT2D eigenvalue weighted by Gasteiger charge is -2.34. The number of carbonyl (C=O) groups is 1. The number of carbonyl (C=O) groups excluding carboxylic acids is 1. The SMILES string of the molecule is O=C(NC1(c2ccc3c(c2)OCCO3)CCCC1)C1CCCNC1. The fourth-order valence-corrected chi connectivity index (χ4v) is 4.22. The van der Waals surface area contributed by atoms with Gasteiger partial charge >= 0.3 is 0 Å². The van der Waals surface area contributed by atoms with Crippen LogP contribution in [0.3, 0.4) is 0 Å². The molecule has 2 aliphatic heterocycles. The normalized spacial score (nSPS) is 25.2. The fourth-order valence-electron chi connectivity index (χ4n) is 4.22. The smallest absolute Gasteiger partial charge is 0.225 e. The van der Waals surface area contributed by atoms with Gasteiger partial charge in [-0.1, -0.05) is 18.9 Å². The Bertz CT molecular complexity index is 605. The summed E-state index contributed by atoms with van der Waals surface area (Å²) in [4.78, 5) is 12.8. The number of benzene rings is 1. The van der Waals surface area contributed by atoms with Crippen LogP contribution in [0.4, 0.5) is 0 Å². The van der Waals surface area contributed by atoms with Crippen molar-refractivity contribution in [3.05, 3.63) is 23.8 Å². The van der Waals surface area contributed by atoms with Gasteiger partial charge < -0.3 is 20.1 Å². The molecule has 3 aliphatic rings. The fraction of sp³-hybridized carbons (Fsp3) is 0.632. The number of ether oxygens (including phenoxy) is 2. The van der Waals surface area contributed by atoms with Gasteiger partial charge in [0.05, 0.1) is 11.5 Å². The number of piperidine rings is 1. The molecule has 0 bridgehead atoms. The van der Waals surface area contributed by atoms with E-state index in [1.165, 1.54) is 0 Å². The summed E-state index contributed by atoms with van der Waals surface area (Å²) in [5.41, 5.74) is 0.908. The van der Waals surface area contributed by atoms with Crippen LogP contribution in [-0.2, 0) is 10.3 Å². The van der Waals surface area contributed by atoms with Crippen molar-refractivity contribution < 1.29 is 14.3 Å². The molecule has 130 valence electrons. The van der Waals surface area contributed by atoms with E-state index in [-0.39, 0.29) is 17.4 Å². The summed E-state index contributed by atoms with van der Waals surface area (Å²) < 4.78 is 11.4. The Balaban J connectivity index is 1.57. The van der Waals surface area contributed by atoms with E-state index in [9.17, 15) is 4.79 Å². The predicted molar refractivity (Wildman–Crippen MR) is 91.3 cm³/mol. The molecule has 2 heterocycles. The molecule has 1 saturated heterocycles. The molecule has 2 fully saturated rings. The summed E-state index contributed by atoms with van der Waals surface area (Å²) in [6.07, 6.45) is 6.36. The maximum atomic E-state index is 12.8. The zero-order chi connectivity index (χ0) is 16.4. The van der Waals surface area contributed by atoms with Crippen LogP contribution >= 0.6 is 0 Å². The van der Waals surface area contributed by atoms with Gasteiger partial charge in [0, 0.05) is 6.54 Å². The first-order valence-electron chi connectivity index (χ1n) is 9.20. The average molecular weight is 330 g/mol. The third-order valence-corrected chi connectivity index (χ3v) is 5.58.